The summed E-state index contributed by atoms with van der Waals surface area (Å²) < 4.78 is 54.5. The van der Waals surface area contributed by atoms with E-state index >= 15 is 0 Å². The van der Waals surface area contributed by atoms with E-state index in [1.54, 1.807) is 20.8 Å². The zero-order chi connectivity index (χ0) is 14.1. The summed E-state index contributed by atoms with van der Waals surface area (Å²) in [5.41, 5.74) is -0.507. The quantitative estimate of drug-likeness (QED) is 0.603. The first-order valence-electron chi connectivity index (χ1n) is 5.25. The molecule has 0 N–H and O–H groups in total. The molecule has 0 heterocycles. The maximum atomic E-state index is 13.4. The smallest absolute Gasteiger partial charge is 0.144 e. The Bertz CT molecular complexity index is 460. The Kier molecular flexibility index (Phi) is 4.45. The van der Waals surface area contributed by atoms with Crippen LogP contribution in [-0.2, 0) is 11.4 Å². The molecular weight excluding hydrogens is 263 g/mol. The molecule has 0 aliphatic rings. The van der Waals surface area contributed by atoms with Gasteiger partial charge >= 0.3 is 0 Å². The highest BCUT2D eigenvalue weighted by Gasteiger charge is 2.27. The third kappa shape index (κ3) is 3.49. The fourth-order valence-electron chi connectivity index (χ4n) is 1.19. The van der Waals surface area contributed by atoms with E-state index in [-0.39, 0.29) is 5.71 Å². The van der Waals surface area contributed by atoms with Gasteiger partial charge in [0.15, 0.2) is 0 Å². The third-order valence-corrected chi connectivity index (χ3v) is 3.60. The van der Waals surface area contributed by atoms with Gasteiger partial charge in [-0.25, -0.2) is 13.2 Å². The molecule has 1 atom stereocenters. The van der Waals surface area contributed by atoms with E-state index in [4.69, 9.17) is 0 Å². The lowest BCUT2D eigenvalue weighted by Crippen LogP contribution is -2.27. The molecule has 0 saturated carbocycles. The molecule has 0 bridgehead atoms. The number of benzene rings is 1. The number of hydrogen-bond donors (Lipinski definition) is 0. The molecule has 0 radical (unpaired) electrons. The van der Waals surface area contributed by atoms with Crippen LogP contribution in [0.2, 0.25) is 0 Å². The minimum absolute atomic E-state index is 0.0572. The van der Waals surface area contributed by atoms with Gasteiger partial charge in [-0.05, 0) is 27.7 Å². The average Bonchev–Trinajstić information content (AvgIpc) is 2.13. The molecule has 1 aromatic carbocycles. The van der Waals surface area contributed by atoms with Crippen LogP contribution in [0.4, 0.5) is 13.2 Å². The molecule has 18 heavy (non-hydrogen) atoms. The van der Waals surface area contributed by atoms with Crippen molar-refractivity contribution in [3.63, 3.8) is 0 Å². The van der Waals surface area contributed by atoms with Crippen LogP contribution in [0.3, 0.4) is 0 Å². The standard InChI is InChI=1S/C12H14F3NOS/c1-7(16-18(17)12(2,3)4)11-9(14)5-8(13)6-10(11)15/h5-6H,1-4H3. The van der Waals surface area contributed by atoms with Crippen molar-refractivity contribution in [2.75, 3.05) is 0 Å². The van der Waals surface area contributed by atoms with Crippen molar-refractivity contribution in [3.05, 3.63) is 35.1 Å². The SMILES string of the molecule is CC(=N[S+]([O-])C(C)(C)C)c1c(F)cc(F)cc1F. The van der Waals surface area contributed by atoms with Gasteiger partial charge in [-0.1, -0.05) is 4.40 Å². The summed E-state index contributed by atoms with van der Waals surface area (Å²) >= 11 is -1.63. The zero-order valence-corrected chi connectivity index (χ0v) is 11.4. The second kappa shape index (κ2) is 5.32. The van der Waals surface area contributed by atoms with Crippen molar-refractivity contribution < 1.29 is 17.7 Å². The molecule has 0 aliphatic heterocycles. The summed E-state index contributed by atoms with van der Waals surface area (Å²) in [5.74, 6) is -3.11. The molecule has 100 valence electrons. The third-order valence-electron chi connectivity index (χ3n) is 2.11. The first-order chi connectivity index (χ1) is 8.12. The van der Waals surface area contributed by atoms with Gasteiger partial charge in [-0.2, -0.15) is 0 Å². The maximum absolute atomic E-state index is 13.4. The van der Waals surface area contributed by atoms with E-state index in [9.17, 15) is 17.7 Å². The molecule has 0 fully saturated rings. The molecule has 0 aromatic heterocycles. The molecule has 1 rings (SSSR count). The van der Waals surface area contributed by atoms with E-state index in [0.29, 0.717) is 12.1 Å². The van der Waals surface area contributed by atoms with Crippen LogP contribution in [0.25, 0.3) is 0 Å². The van der Waals surface area contributed by atoms with Crippen molar-refractivity contribution in [3.8, 4) is 0 Å². The first kappa shape index (κ1) is 15.0. The predicted octanol–water partition coefficient (Wildman–Crippen LogP) is 3.38. The molecule has 0 saturated heterocycles. The van der Waals surface area contributed by atoms with Gasteiger partial charge in [0.25, 0.3) is 0 Å². The Morgan fingerprint density at radius 2 is 1.61 bits per heavy atom. The van der Waals surface area contributed by atoms with Crippen molar-refractivity contribution in [2.24, 2.45) is 4.40 Å². The summed E-state index contributed by atoms with van der Waals surface area (Å²) in [6, 6.07) is 1.13. The van der Waals surface area contributed by atoms with Crippen LogP contribution < -0.4 is 0 Å². The van der Waals surface area contributed by atoms with Gasteiger partial charge in [0, 0.05) is 12.1 Å². The zero-order valence-electron chi connectivity index (χ0n) is 10.6. The summed E-state index contributed by atoms with van der Waals surface area (Å²) in [6.07, 6.45) is 0. The first-order valence-corrected chi connectivity index (χ1v) is 6.36. The monoisotopic (exact) mass is 277 g/mol. The number of halogens is 3. The van der Waals surface area contributed by atoms with E-state index in [1.807, 2.05) is 0 Å². The van der Waals surface area contributed by atoms with Gasteiger partial charge < -0.3 is 4.55 Å². The van der Waals surface area contributed by atoms with Crippen LogP contribution >= 0.6 is 0 Å². The molecule has 0 spiro atoms. The van der Waals surface area contributed by atoms with Crippen molar-refractivity contribution in [2.45, 2.75) is 32.4 Å². The molecule has 1 aromatic rings. The molecular formula is C12H14F3NOS. The molecule has 6 heteroatoms. The van der Waals surface area contributed by atoms with Crippen molar-refractivity contribution in [1.29, 1.82) is 0 Å². The minimum atomic E-state index is -1.63. The Hall–Kier alpha value is -1.01. The van der Waals surface area contributed by atoms with Crippen LogP contribution in [0.5, 0.6) is 0 Å². The largest absolute Gasteiger partial charge is 0.591 e. The predicted molar refractivity (Wildman–Crippen MR) is 66.4 cm³/mol. The molecule has 0 amide bonds. The Morgan fingerprint density at radius 3 is 2.00 bits per heavy atom. The van der Waals surface area contributed by atoms with Gasteiger partial charge in [0.05, 0.1) is 5.56 Å². The summed E-state index contributed by atoms with van der Waals surface area (Å²) in [7, 11) is 0. The van der Waals surface area contributed by atoms with Crippen molar-refractivity contribution >= 4 is 17.1 Å². The maximum Gasteiger partial charge on any atom is 0.144 e. The topological polar surface area (TPSA) is 35.4 Å². The fourth-order valence-corrected chi connectivity index (χ4v) is 1.81. The summed E-state index contributed by atoms with van der Waals surface area (Å²) in [4.78, 5) is 0. The Labute approximate surface area is 107 Å². The minimum Gasteiger partial charge on any atom is -0.591 e. The Balaban J connectivity index is 3.19. The van der Waals surface area contributed by atoms with E-state index < -0.39 is 39.1 Å². The average molecular weight is 277 g/mol. The molecule has 0 aliphatic carbocycles. The highest BCUT2D eigenvalue weighted by Crippen LogP contribution is 2.21. The van der Waals surface area contributed by atoms with Crippen LogP contribution in [-0.4, -0.2) is 15.0 Å². The lowest BCUT2D eigenvalue weighted by Gasteiger charge is -2.18. The lowest BCUT2D eigenvalue weighted by atomic mass is 10.1. The van der Waals surface area contributed by atoms with Gasteiger partial charge in [-0.3, -0.25) is 0 Å². The number of nitrogens with zero attached hydrogens (tertiary/aromatic N) is 1. The van der Waals surface area contributed by atoms with E-state index in [1.165, 1.54) is 6.92 Å². The highest BCUT2D eigenvalue weighted by atomic mass is 32.2. The molecule has 2 nitrogen and oxygen atoms in total. The van der Waals surface area contributed by atoms with Crippen molar-refractivity contribution in [1.82, 2.24) is 0 Å². The molecule has 1 unspecified atom stereocenters. The van der Waals surface area contributed by atoms with E-state index in [2.05, 4.69) is 4.40 Å². The lowest BCUT2D eigenvalue weighted by molar-refractivity contribution is 0.540. The second-order valence-corrected chi connectivity index (χ2v) is 6.69. The van der Waals surface area contributed by atoms with Gasteiger partial charge in [0.1, 0.15) is 39.3 Å². The Morgan fingerprint density at radius 1 is 1.17 bits per heavy atom. The van der Waals surface area contributed by atoms with Gasteiger partial charge in [-0.15, -0.1) is 0 Å². The second-order valence-electron chi connectivity index (χ2n) is 4.78. The summed E-state index contributed by atoms with van der Waals surface area (Å²) in [5, 5.41) is 0. The number of rotatable bonds is 2. The van der Waals surface area contributed by atoms with Crippen LogP contribution in [0.15, 0.2) is 16.5 Å². The fraction of sp³-hybridized carbons (Fsp3) is 0.417. The van der Waals surface area contributed by atoms with E-state index in [0.717, 1.165) is 0 Å². The van der Waals surface area contributed by atoms with Crippen LogP contribution in [0, 0.1) is 17.5 Å². The number of hydrogen-bond acceptors (Lipinski definition) is 2. The highest BCUT2D eigenvalue weighted by molar-refractivity contribution is 7.91. The summed E-state index contributed by atoms with van der Waals surface area (Å²) in [6.45, 7) is 6.41. The van der Waals surface area contributed by atoms with Crippen LogP contribution in [0.1, 0.15) is 33.3 Å². The van der Waals surface area contributed by atoms with Gasteiger partial charge in [0.2, 0.25) is 0 Å². The normalized spacial score (nSPS) is 14.8.